The quantitative estimate of drug-likeness (QED) is 0.557. The number of halogens is 2. The van der Waals surface area contributed by atoms with Crippen LogP contribution in [0.3, 0.4) is 0 Å². The topological polar surface area (TPSA) is 84.0 Å². The van der Waals surface area contributed by atoms with Gasteiger partial charge in [-0.05, 0) is 43.2 Å². The Morgan fingerprint density at radius 1 is 1.19 bits per heavy atom. The zero-order valence-corrected chi connectivity index (χ0v) is 19.2. The lowest BCUT2D eigenvalue weighted by Crippen LogP contribution is -2.36. The van der Waals surface area contributed by atoms with E-state index in [2.05, 4.69) is 0 Å². The maximum absolute atomic E-state index is 14.3. The van der Waals surface area contributed by atoms with E-state index in [1.165, 1.54) is 20.5 Å². The number of thiophene rings is 1. The molecule has 0 radical (unpaired) electrons. The third-order valence-corrected chi connectivity index (χ3v) is 8.00. The normalized spacial score (nSPS) is 14.9. The SMILES string of the molecule is CN(Cc1ccc(Cl)s1)C(=O)COC(=O)c1ccc(F)c(S(=O)(=O)N2CCCCC2)c1. The van der Waals surface area contributed by atoms with Crippen LogP contribution in [-0.4, -0.2) is 56.2 Å². The molecule has 0 bridgehead atoms. The smallest absolute Gasteiger partial charge is 0.338 e. The van der Waals surface area contributed by atoms with Crippen molar-refractivity contribution in [3.63, 3.8) is 0 Å². The molecule has 11 heteroatoms. The van der Waals surface area contributed by atoms with Gasteiger partial charge in [-0.3, -0.25) is 4.79 Å². The Labute approximate surface area is 189 Å². The molecule has 1 aliphatic rings. The molecule has 7 nitrogen and oxygen atoms in total. The molecule has 1 fully saturated rings. The molecule has 31 heavy (non-hydrogen) atoms. The first-order valence-corrected chi connectivity index (χ1v) is 12.3. The van der Waals surface area contributed by atoms with Gasteiger partial charge in [0.25, 0.3) is 5.91 Å². The summed E-state index contributed by atoms with van der Waals surface area (Å²) in [7, 11) is -2.50. The fourth-order valence-electron chi connectivity index (χ4n) is 3.15. The summed E-state index contributed by atoms with van der Waals surface area (Å²) in [5.74, 6) is -2.29. The van der Waals surface area contributed by atoms with Crippen LogP contribution in [0.1, 0.15) is 34.5 Å². The molecule has 1 aromatic carbocycles. The molecule has 0 N–H and O–H groups in total. The number of carbonyl (C=O) groups is 2. The molecule has 1 aliphatic heterocycles. The van der Waals surface area contributed by atoms with Crippen molar-refractivity contribution < 1.29 is 27.1 Å². The van der Waals surface area contributed by atoms with E-state index in [4.69, 9.17) is 16.3 Å². The van der Waals surface area contributed by atoms with E-state index in [0.717, 1.165) is 29.5 Å². The average Bonchev–Trinajstić information content (AvgIpc) is 3.17. The Hall–Kier alpha value is -2.01. The average molecular weight is 489 g/mol. The van der Waals surface area contributed by atoms with Crippen LogP contribution in [0.2, 0.25) is 4.34 Å². The Morgan fingerprint density at radius 3 is 2.55 bits per heavy atom. The molecule has 3 rings (SSSR count). The molecule has 0 spiro atoms. The maximum atomic E-state index is 14.3. The van der Waals surface area contributed by atoms with Crippen molar-refractivity contribution in [3.8, 4) is 0 Å². The van der Waals surface area contributed by atoms with Gasteiger partial charge in [-0.1, -0.05) is 18.0 Å². The highest BCUT2D eigenvalue weighted by Crippen LogP contribution is 2.25. The van der Waals surface area contributed by atoms with Gasteiger partial charge in [0.05, 0.1) is 16.4 Å². The molecule has 1 amide bonds. The summed E-state index contributed by atoms with van der Waals surface area (Å²) in [6.07, 6.45) is 2.33. The van der Waals surface area contributed by atoms with Crippen LogP contribution >= 0.6 is 22.9 Å². The Kier molecular flexibility index (Phi) is 7.68. The van der Waals surface area contributed by atoms with Gasteiger partial charge in [0.1, 0.15) is 10.7 Å². The number of rotatable bonds is 7. The van der Waals surface area contributed by atoms with Crippen molar-refractivity contribution >= 4 is 44.8 Å². The monoisotopic (exact) mass is 488 g/mol. The molecule has 1 saturated heterocycles. The van der Waals surface area contributed by atoms with E-state index in [1.54, 1.807) is 19.2 Å². The number of esters is 1. The van der Waals surface area contributed by atoms with Gasteiger partial charge in [-0.2, -0.15) is 4.31 Å². The highest BCUT2D eigenvalue weighted by atomic mass is 35.5. The van der Waals surface area contributed by atoms with Gasteiger partial charge < -0.3 is 9.64 Å². The number of ether oxygens (including phenoxy) is 1. The van der Waals surface area contributed by atoms with Crippen LogP contribution in [0, 0.1) is 5.82 Å². The number of amides is 1. The number of sulfonamides is 1. The molecule has 168 valence electrons. The molecule has 0 unspecified atom stereocenters. The fraction of sp³-hybridized carbons (Fsp3) is 0.400. The second-order valence-corrected chi connectivity index (χ2v) is 10.8. The van der Waals surface area contributed by atoms with E-state index in [0.29, 0.717) is 36.8 Å². The van der Waals surface area contributed by atoms with Crippen molar-refractivity contribution in [2.45, 2.75) is 30.7 Å². The first-order chi connectivity index (χ1) is 14.7. The second-order valence-electron chi connectivity index (χ2n) is 7.14. The summed E-state index contributed by atoms with van der Waals surface area (Å²) in [6.45, 7) is 0.405. The fourth-order valence-corrected chi connectivity index (χ4v) is 5.90. The van der Waals surface area contributed by atoms with Gasteiger partial charge in [0, 0.05) is 25.0 Å². The lowest BCUT2D eigenvalue weighted by molar-refractivity contribution is -0.133. The molecule has 2 aromatic rings. The Morgan fingerprint density at radius 2 is 1.90 bits per heavy atom. The minimum absolute atomic E-state index is 0.141. The Balaban J connectivity index is 1.65. The standard InChI is InChI=1S/C20H22ClFN2O5S2/c1-23(12-15-6-8-18(21)30-15)19(25)13-29-20(26)14-5-7-16(22)17(11-14)31(27,28)24-9-3-2-4-10-24/h5-8,11H,2-4,9-10,12-13H2,1H3. The van der Waals surface area contributed by atoms with E-state index in [1.807, 2.05) is 0 Å². The molecule has 2 heterocycles. The number of carbonyl (C=O) groups excluding carboxylic acids is 2. The third kappa shape index (κ3) is 5.82. The molecular weight excluding hydrogens is 467 g/mol. The van der Waals surface area contributed by atoms with Crippen LogP contribution in [0.15, 0.2) is 35.2 Å². The molecule has 0 saturated carbocycles. The highest BCUT2D eigenvalue weighted by molar-refractivity contribution is 7.89. The largest absolute Gasteiger partial charge is 0.452 e. The zero-order chi connectivity index (χ0) is 22.6. The summed E-state index contributed by atoms with van der Waals surface area (Å²) >= 11 is 7.21. The van der Waals surface area contributed by atoms with E-state index in [9.17, 15) is 22.4 Å². The van der Waals surface area contributed by atoms with Crippen LogP contribution in [0.4, 0.5) is 4.39 Å². The van der Waals surface area contributed by atoms with Crippen LogP contribution in [0.25, 0.3) is 0 Å². The van der Waals surface area contributed by atoms with Crippen LogP contribution in [0.5, 0.6) is 0 Å². The van der Waals surface area contributed by atoms with Gasteiger partial charge in [0.15, 0.2) is 6.61 Å². The summed E-state index contributed by atoms with van der Waals surface area (Å²) in [5.41, 5.74) is -0.141. The van der Waals surface area contributed by atoms with E-state index in [-0.39, 0.29) is 5.56 Å². The van der Waals surface area contributed by atoms with Crippen molar-refractivity contribution in [1.82, 2.24) is 9.21 Å². The Bertz CT molecular complexity index is 1070. The number of benzene rings is 1. The second kappa shape index (κ2) is 10.1. The lowest BCUT2D eigenvalue weighted by Gasteiger charge is -2.26. The van der Waals surface area contributed by atoms with Gasteiger partial charge in [-0.25, -0.2) is 17.6 Å². The number of piperidine rings is 1. The van der Waals surface area contributed by atoms with Crippen molar-refractivity contribution in [3.05, 3.63) is 50.9 Å². The first kappa shape index (κ1) is 23.6. The van der Waals surface area contributed by atoms with Crippen LogP contribution < -0.4 is 0 Å². The lowest BCUT2D eigenvalue weighted by atomic mass is 10.2. The van der Waals surface area contributed by atoms with Crippen LogP contribution in [-0.2, 0) is 26.1 Å². The molecule has 0 atom stereocenters. The minimum Gasteiger partial charge on any atom is -0.452 e. The summed E-state index contributed by atoms with van der Waals surface area (Å²) in [5, 5.41) is 0. The minimum atomic E-state index is -4.06. The zero-order valence-electron chi connectivity index (χ0n) is 16.8. The van der Waals surface area contributed by atoms with E-state index >= 15 is 0 Å². The highest BCUT2D eigenvalue weighted by Gasteiger charge is 2.29. The predicted octanol–water partition coefficient (Wildman–Crippen LogP) is 3.53. The molecular formula is C20H22ClFN2O5S2. The predicted molar refractivity (Wildman–Crippen MR) is 115 cm³/mol. The number of hydrogen-bond donors (Lipinski definition) is 0. The van der Waals surface area contributed by atoms with Gasteiger partial charge >= 0.3 is 5.97 Å². The van der Waals surface area contributed by atoms with Crippen molar-refractivity contribution in [2.75, 3.05) is 26.7 Å². The summed E-state index contributed by atoms with van der Waals surface area (Å²) in [6, 6.07) is 6.54. The number of likely N-dealkylation sites (N-methyl/N-ethyl adjacent to an activating group) is 1. The van der Waals surface area contributed by atoms with Crippen molar-refractivity contribution in [2.24, 2.45) is 0 Å². The van der Waals surface area contributed by atoms with Gasteiger partial charge in [-0.15, -0.1) is 11.3 Å². The van der Waals surface area contributed by atoms with Crippen molar-refractivity contribution in [1.29, 1.82) is 0 Å². The maximum Gasteiger partial charge on any atom is 0.338 e. The number of hydrogen-bond acceptors (Lipinski definition) is 6. The molecule has 1 aromatic heterocycles. The third-order valence-electron chi connectivity index (χ3n) is 4.87. The van der Waals surface area contributed by atoms with E-state index < -0.39 is 39.2 Å². The number of nitrogens with zero attached hydrogens (tertiary/aromatic N) is 2. The summed E-state index contributed by atoms with van der Waals surface area (Å²) < 4.78 is 46.7. The first-order valence-electron chi connectivity index (χ1n) is 9.63. The summed E-state index contributed by atoms with van der Waals surface area (Å²) in [4.78, 5) is 26.3. The van der Waals surface area contributed by atoms with Gasteiger partial charge in [0.2, 0.25) is 10.0 Å². The molecule has 0 aliphatic carbocycles.